The number of hydrogen-bond acceptors (Lipinski definition) is 4. The van der Waals surface area contributed by atoms with Crippen molar-refractivity contribution in [3.05, 3.63) is 65.7 Å². The van der Waals surface area contributed by atoms with Gasteiger partial charge in [-0.05, 0) is 17.7 Å². The van der Waals surface area contributed by atoms with Gasteiger partial charge in [-0.2, -0.15) is 0 Å². The first-order valence-electron chi connectivity index (χ1n) is 5.86. The van der Waals surface area contributed by atoms with Crippen LogP contribution in [-0.4, -0.2) is 22.2 Å². The van der Waals surface area contributed by atoms with E-state index in [2.05, 4.69) is 0 Å². The van der Waals surface area contributed by atoms with E-state index in [0.717, 1.165) is 0 Å². The van der Waals surface area contributed by atoms with Crippen LogP contribution in [-0.2, 0) is 4.79 Å². The van der Waals surface area contributed by atoms with Crippen LogP contribution in [0.2, 0.25) is 0 Å². The first kappa shape index (κ1) is 13.8. The van der Waals surface area contributed by atoms with E-state index >= 15 is 0 Å². The SMILES string of the molecule is O=C(O)c1ccccc1OC(=O)C(O)c1ccccc1. The number of benzene rings is 2. The summed E-state index contributed by atoms with van der Waals surface area (Å²) < 4.78 is 4.95. The van der Waals surface area contributed by atoms with E-state index in [1.54, 1.807) is 36.4 Å². The first-order valence-corrected chi connectivity index (χ1v) is 5.86. The quantitative estimate of drug-likeness (QED) is 0.657. The van der Waals surface area contributed by atoms with Crippen molar-refractivity contribution in [2.24, 2.45) is 0 Å². The number of ether oxygens (including phenoxy) is 1. The Hall–Kier alpha value is -2.66. The summed E-state index contributed by atoms with van der Waals surface area (Å²) in [7, 11) is 0. The number of carboxylic acids is 1. The number of carbonyl (C=O) groups excluding carboxylic acids is 1. The summed E-state index contributed by atoms with van der Waals surface area (Å²) in [4.78, 5) is 22.8. The molecule has 0 saturated heterocycles. The van der Waals surface area contributed by atoms with E-state index in [-0.39, 0.29) is 11.3 Å². The molecular weight excluding hydrogens is 260 g/mol. The van der Waals surface area contributed by atoms with Gasteiger partial charge in [0.05, 0.1) is 0 Å². The molecule has 0 aromatic heterocycles. The van der Waals surface area contributed by atoms with Crippen molar-refractivity contribution in [2.75, 3.05) is 0 Å². The highest BCUT2D eigenvalue weighted by atomic mass is 16.5. The number of carbonyl (C=O) groups is 2. The van der Waals surface area contributed by atoms with Crippen molar-refractivity contribution in [3.63, 3.8) is 0 Å². The largest absolute Gasteiger partial charge is 0.478 e. The molecule has 5 heteroatoms. The van der Waals surface area contributed by atoms with Gasteiger partial charge in [-0.3, -0.25) is 0 Å². The lowest BCUT2D eigenvalue weighted by Gasteiger charge is -2.11. The second-order valence-corrected chi connectivity index (χ2v) is 4.04. The molecule has 2 aromatic rings. The molecule has 0 heterocycles. The summed E-state index contributed by atoms with van der Waals surface area (Å²) in [6.07, 6.45) is -1.46. The maximum absolute atomic E-state index is 11.8. The molecule has 0 spiro atoms. The molecule has 0 bridgehead atoms. The molecule has 2 rings (SSSR count). The molecule has 5 nitrogen and oxygen atoms in total. The Balaban J connectivity index is 2.18. The zero-order chi connectivity index (χ0) is 14.5. The molecule has 2 N–H and O–H groups in total. The molecular formula is C15H12O5. The fourth-order valence-corrected chi connectivity index (χ4v) is 1.67. The summed E-state index contributed by atoms with van der Waals surface area (Å²) in [5.74, 6) is -2.23. The Labute approximate surface area is 115 Å². The molecule has 1 unspecified atom stereocenters. The highest BCUT2D eigenvalue weighted by Crippen LogP contribution is 2.21. The summed E-state index contributed by atoms with van der Waals surface area (Å²) >= 11 is 0. The number of aromatic carboxylic acids is 1. The molecule has 20 heavy (non-hydrogen) atoms. The third-order valence-electron chi connectivity index (χ3n) is 2.67. The predicted molar refractivity (Wildman–Crippen MR) is 70.4 cm³/mol. The molecule has 0 aliphatic carbocycles. The lowest BCUT2D eigenvalue weighted by Crippen LogP contribution is -2.19. The zero-order valence-corrected chi connectivity index (χ0v) is 10.4. The van der Waals surface area contributed by atoms with Crippen LogP contribution in [0.1, 0.15) is 22.0 Å². The van der Waals surface area contributed by atoms with Crippen molar-refractivity contribution in [1.29, 1.82) is 0 Å². The van der Waals surface area contributed by atoms with Crippen LogP contribution in [0.3, 0.4) is 0 Å². The average molecular weight is 272 g/mol. The number of esters is 1. The summed E-state index contributed by atoms with van der Waals surface area (Å²) in [5.41, 5.74) is 0.242. The molecule has 1 atom stereocenters. The molecule has 0 fully saturated rings. The number of carboxylic acid groups (broad SMARTS) is 1. The maximum Gasteiger partial charge on any atom is 0.345 e. The van der Waals surface area contributed by atoms with E-state index in [1.807, 2.05) is 0 Å². The van der Waals surface area contributed by atoms with Gasteiger partial charge in [-0.1, -0.05) is 42.5 Å². The van der Waals surface area contributed by atoms with Crippen molar-refractivity contribution in [1.82, 2.24) is 0 Å². The van der Waals surface area contributed by atoms with E-state index in [0.29, 0.717) is 5.56 Å². The summed E-state index contributed by atoms with van der Waals surface area (Å²) in [6, 6.07) is 14.0. The monoisotopic (exact) mass is 272 g/mol. The number of aliphatic hydroxyl groups is 1. The van der Waals surface area contributed by atoms with Crippen LogP contribution < -0.4 is 4.74 Å². The van der Waals surface area contributed by atoms with E-state index in [4.69, 9.17) is 9.84 Å². The second kappa shape index (κ2) is 5.99. The molecule has 102 valence electrons. The van der Waals surface area contributed by atoms with Gasteiger partial charge in [0.25, 0.3) is 0 Å². The van der Waals surface area contributed by atoms with Crippen LogP contribution in [0.15, 0.2) is 54.6 Å². The van der Waals surface area contributed by atoms with Gasteiger partial charge in [0, 0.05) is 0 Å². The third kappa shape index (κ3) is 3.02. The molecule has 0 aliphatic heterocycles. The number of rotatable bonds is 4. The fourth-order valence-electron chi connectivity index (χ4n) is 1.67. The Morgan fingerprint density at radius 3 is 2.20 bits per heavy atom. The highest BCUT2D eigenvalue weighted by molar-refractivity contribution is 5.92. The van der Waals surface area contributed by atoms with Gasteiger partial charge in [0.1, 0.15) is 11.3 Å². The van der Waals surface area contributed by atoms with Gasteiger partial charge < -0.3 is 14.9 Å². The zero-order valence-electron chi connectivity index (χ0n) is 10.4. The van der Waals surface area contributed by atoms with Gasteiger partial charge >= 0.3 is 11.9 Å². The lowest BCUT2D eigenvalue weighted by molar-refractivity contribution is -0.144. The van der Waals surface area contributed by atoms with Crippen molar-refractivity contribution >= 4 is 11.9 Å². The van der Waals surface area contributed by atoms with Crippen LogP contribution in [0.5, 0.6) is 5.75 Å². The third-order valence-corrected chi connectivity index (χ3v) is 2.67. The average Bonchev–Trinajstić information content (AvgIpc) is 2.47. The van der Waals surface area contributed by atoms with Crippen LogP contribution in [0, 0.1) is 0 Å². The van der Waals surface area contributed by atoms with E-state index in [1.165, 1.54) is 18.2 Å². The smallest absolute Gasteiger partial charge is 0.345 e. The van der Waals surface area contributed by atoms with E-state index < -0.39 is 18.0 Å². The van der Waals surface area contributed by atoms with Gasteiger partial charge in [0.15, 0.2) is 6.10 Å². The van der Waals surface area contributed by atoms with E-state index in [9.17, 15) is 14.7 Å². The summed E-state index contributed by atoms with van der Waals surface area (Å²) in [5, 5.41) is 18.8. The first-order chi connectivity index (χ1) is 9.59. The Morgan fingerprint density at radius 1 is 0.950 bits per heavy atom. The topological polar surface area (TPSA) is 83.8 Å². The number of para-hydroxylation sites is 1. The predicted octanol–water partition coefficient (Wildman–Crippen LogP) is 2.02. The van der Waals surface area contributed by atoms with Crippen molar-refractivity contribution in [3.8, 4) is 5.75 Å². The van der Waals surface area contributed by atoms with Gasteiger partial charge in [-0.25, -0.2) is 9.59 Å². The Bertz CT molecular complexity index is 621. The normalized spacial score (nSPS) is 11.7. The van der Waals surface area contributed by atoms with Crippen LogP contribution in [0.25, 0.3) is 0 Å². The van der Waals surface area contributed by atoms with Crippen molar-refractivity contribution in [2.45, 2.75) is 6.10 Å². The fraction of sp³-hybridized carbons (Fsp3) is 0.0667. The molecule has 0 saturated carbocycles. The van der Waals surface area contributed by atoms with Gasteiger partial charge in [-0.15, -0.1) is 0 Å². The minimum absolute atomic E-state index is 0.0972. The minimum atomic E-state index is -1.46. The molecule has 0 radical (unpaired) electrons. The maximum atomic E-state index is 11.8. The lowest BCUT2D eigenvalue weighted by atomic mass is 10.1. The molecule has 0 aliphatic rings. The standard InChI is InChI=1S/C15H12O5/c16-13(10-6-2-1-3-7-10)15(19)20-12-9-5-4-8-11(12)14(17)18/h1-9,13,16H,(H,17,18). The number of aliphatic hydroxyl groups excluding tert-OH is 1. The second-order valence-electron chi connectivity index (χ2n) is 4.04. The van der Waals surface area contributed by atoms with Gasteiger partial charge in [0.2, 0.25) is 0 Å². The molecule has 0 amide bonds. The summed E-state index contributed by atoms with van der Waals surface area (Å²) in [6.45, 7) is 0. The molecule has 2 aromatic carbocycles. The Morgan fingerprint density at radius 2 is 1.55 bits per heavy atom. The Kier molecular flexibility index (Phi) is 4.12. The number of hydrogen-bond donors (Lipinski definition) is 2. The minimum Gasteiger partial charge on any atom is -0.478 e. The highest BCUT2D eigenvalue weighted by Gasteiger charge is 2.21. The van der Waals surface area contributed by atoms with Crippen LogP contribution >= 0.6 is 0 Å². The van der Waals surface area contributed by atoms with Crippen molar-refractivity contribution < 1.29 is 24.5 Å². The van der Waals surface area contributed by atoms with Crippen LogP contribution in [0.4, 0.5) is 0 Å².